The molecule has 0 aromatic heterocycles. The van der Waals surface area contributed by atoms with Gasteiger partial charge < -0.3 is 19.5 Å². The second-order valence-electron chi connectivity index (χ2n) is 7.13. The van der Waals surface area contributed by atoms with E-state index in [0.717, 1.165) is 53.5 Å². The number of methoxy groups -OCH3 is 1. The molecule has 1 unspecified atom stereocenters. The van der Waals surface area contributed by atoms with Gasteiger partial charge in [0.05, 0.1) is 7.11 Å². The quantitative estimate of drug-likeness (QED) is 0.825. The van der Waals surface area contributed by atoms with Gasteiger partial charge in [0.25, 0.3) is 0 Å². The molecule has 2 aliphatic heterocycles. The highest BCUT2D eigenvalue weighted by atomic mass is 16.7. The van der Waals surface area contributed by atoms with Crippen molar-refractivity contribution in [3.63, 3.8) is 0 Å². The zero-order valence-electron chi connectivity index (χ0n) is 16.6. The minimum absolute atomic E-state index is 0.0116. The molecule has 6 heteroatoms. The van der Waals surface area contributed by atoms with Crippen LogP contribution in [0.2, 0.25) is 0 Å². The maximum absolute atomic E-state index is 12.4. The van der Waals surface area contributed by atoms with E-state index < -0.39 is 0 Å². The number of carbonyl (C=O) groups is 1. The Morgan fingerprint density at radius 1 is 1.14 bits per heavy atom. The molecule has 0 bridgehead atoms. The monoisotopic (exact) mass is 382 g/mol. The average Bonchev–Trinajstić information content (AvgIpc) is 3.17. The molecule has 6 nitrogen and oxygen atoms in total. The van der Waals surface area contributed by atoms with Gasteiger partial charge in [-0.3, -0.25) is 9.69 Å². The lowest BCUT2D eigenvalue weighted by Crippen LogP contribution is -2.24. The van der Waals surface area contributed by atoms with Gasteiger partial charge in [-0.15, -0.1) is 0 Å². The molecule has 0 spiro atoms. The van der Waals surface area contributed by atoms with Gasteiger partial charge in [-0.2, -0.15) is 0 Å². The molecule has 1 N–H and O–H groups in total. The maximum atomic E-state index is 12.4. The van der Waals surface area contributed by atoms with Crippen LogP contribution < -0.4 is 19.5 Å². The van der Waals surface area contributed by atoms with Crippen molar-refractivity contribution in [2.24, 2.45) is 0 Å². The fraction of sp³-hybridized carbons (Fsp3) is 0.409. The number of nitrogens with zero attached hydrogens (tertiary/aromatic N) is 1. The number of anilines is 1. The smallest absolute Gasteiger partial charge is 0.231 e. The largest absolute Gasteiger partial charge is 0.496 e. The van der Waals surface area contributed by atoms with Gasteiger partial charge >= 0.3 is 0 Å². The van der Waals surface area contributed by atoms with Crippen LogP contribution in [-0.4, -0.2) is 37.8 Å². The third-order valence-corrected chi connectivity index (χ3v) is 5.58. The number of hydrogen-bond acceptors (Lipinski definition) is 5. The Kier molecular flexibility index (Phi) is 5.13. The molecular weight excluding hydrogens is 356 g/mol. The van der Waals surface area contributed by atoms with Crippen molar-refractivity contribution in [1.82, 2.24) is 4.90 Å². The van der Waals surface area contributed by atoms with Crippen LogP contribution in [-0.2, 0) is 11.3 Å². The lowest BCUT2D eigenvalue weighted by Gasteiger charge is -2.27. The predicted molar refractivity (Wildman–Crippen MR) is 107 cm³/mol. The summed E-state index contributed by atoms with van der Waals surface area (Å²) >= 11 is 0. The molecule has 2 aromatic rings. The second-order valence-corrected chi connectivity index (χ2v) is 7.13. The zero-order chi connectivity index (χ0) is 19.7. The van der Waals surface area contributed by atoms with Crippen LogP contribution in [0.15, 0.2) is 30.3 Å². The Balaban J connectivity index is 1.74. The number of amides is 1. The lowest BCUT2D eigenvalue weighted by atomic mass is 9.84. The molecule has 0 saturated heterocycles. The average molecular weight is 382 g/mol. The summed E-state index contributed by atoms with van der Waals surface area (Å²) in [6, 6.07) is 10.1. The highest BCUT2D eigenvalue weighted by Gasteiger charge is 2.30. The minimum atomic E-state index is -0.0281. The number of ether oxygens (including phenoxy) is 3. The number of fused-ring (bicyclic) bond motifs is 2. The van der Waals surface area contributed by atoms with Crippen molar-refractivity contribution >= 4 is 11.6 Å². The first-order chi connectivity index (χ1) is 13.6. The van der Waals surface area contributed by atoms with Crippen molar-refractivity contribution in [2.75, 3.05) is 32.3 Å². The van der Waals surface area contributed by atoms with Crippen LogP contribution in [0.1, 0.15) is 42.9 Å². The normalized spacial score (nSPS) is 17.4. The molecular formula is C22H26N2O4. The third-order valence-electron chi connectivity index (χ3n) is 5.58. The summed E-state index contributed by atoms with van der Waals surface area (Å²) in [7, 11) is 1.70. The molecule has 2 aromatic carbocycles. The van der Waals surface area contributed by atoms with Crippen LogP contribution in [0.25, 0.3) is 0 Å². The summed E-state index contributed by atoms with van der Waals surface area (Å²) in [5.74, 6) is 2.27. The molecule has 2 aliphatic rings. The van der Waals surface area contributed by atoms with Crippen molar-refractivity contribution in [3.05, 3.63) is 47.0 Å². The number of benzene rings is 2. The molecule has 1 amide bonds. The van der Waals surface area contributed by atoms with Gasteiger partial charge in [0, 0.05) is 36.2 Å². The summed E-state index contributed by atoms with van der Waals surface area (Å²) in [6.45, 7) is 7.29. The molecule has 28 heavy (non-hydrogen) atoms. The molecule has 0 saturated carbocycles. The van der Waals surface area contributed by atoms with E-state index >= 15 is 0 Å². The number of rotatable bonds is 6. The highest BCUT2D eigenvalue weighted by Crippen LogP contribution is 2.45. The fourth-order valence-corrected chi connectivity index (χ4v) is 3.98. The van der Waals surface area contributed by atoms with Crippen molar-refractivity contribution in [3.8, 4) is 17.2 Å². The van der Waals surface area contributed by atoms with Gasteiger partial charge in [-0.05, 0) is 36.3 Å². The van der Waals surface area contributed by atoms with Crippen LogP contribution in [0.5, 0.6) is 17.2 Å². The molecule has 0 radical (unpaired) electrons. The Labute approximate surface area is 165 Å². The van der Waals surface area contributed by atoms with E-state index in [1.165, 1.54) is 0 Å². The summed E-state index contributed by atoms with van der Waals surface area (Å²) in [4.78, 5) is 14.7. The molecule has 2 heterocycles. The molecule has 0 aliphatic carbocycles. The first-order valence-corrected chi connectivity index (χ1v) is 9.75. The van der Waals surface area contributed by atoms with E-state index in [-0.39, 0.29) is 18.6 Å². The Morgan fingerprint density at radius 2 is 1.89 bits per heavy atom. The van der Waals surface area contributed by atoms with Crippen LogP contribution in [0.4, 0.5) is 5.69 Å². The van der Waals surface area contributed by atoms with E-state index in [1.807, 2.05) is 18.2 Å². The van der Waals surface area contributed by atoms with Gasteiger partial charge in [0.2, 0.25) is 12.7 Å². The molecule has 4 rings (SSSR count). The SMILES string of the molecule is CCN(CC)Cc1cc(C2CC(=O)Nc3cc4c(cc32)OCO4)ccc1OC. The highest BCUT2D eigenvalue weighted by molar-refractivity contribution is 5.96. The number of nitrogens with one attached hydrogen (secondary N) is 1. The minimum Gasteiger partial charge on any atom is -0.496 e. The zero-order valence-corrected chi connectivity index (χ0v) is 16.6. The van der Waals surface area contributed by atoms with Gasteiger partial charge in [0.1, 0.15) is 5.75 Å². The number of carbonyl (C=O) groups excluding carboxylic acids is 1. The topological polar surface area (TPSA) is 60.0 Å². The van der Waals surface area contributed by atoms with Crippen LogP contribution in [0, 0.1) is 0 Å². The first-order valence-electron chi connectivity index (χ1n) is 9.75. The molecule has 0 fully saturated rings. The summed E-state index contributed by atoms with van der Waals surface area (Å²) in [6.07, 6.45) is 0.406. The van der Waals surface area contributed by atoms with Gasteiger partial charge in [-0.1, -0.05) is 26.0 Å². The van der Waals surface area contributed by atoms with E-state index in [1.54, 1.807) is 7.11 Å². The Hall–Kier alpha value is -2.73. The fourth-order valence-electron chi connectivity index (χ4n) is 3.98. The van der Waals surface area contributed by atoms with Crippen molar-refractivity contribution in [1.29, 1.82) is 0 Å². The predicted octanol–water partition coefficient (Wildman–Crippen LogP) is 3.74. The van der Waals surface area contributed by atoms with Gasteiger partial charge in [-0.25, -0.2) is 0 Å². The summed E-state index contributed by atoms with van der Waals surface area (Å²) in [5, 5.41) is 2.97. The van der Waals surface area contributed by atoms with Crippen LogP contribution >= 0.6 is 0 Å². The van der Waals surface area contributed by atoms with Crippen molar-refractivity contribution in [2.45, 2.75) is 32.7 Å². The Bertz CT molecular complexity index is 892. The summed E-state index contributed by atoms with van der Waals surface area (Å²) < 4.78 is 16.6. The van der Waals surface area contributed by atoms with Gasteiger partial charge in [0.15, 0.2) is 11.5 Å². The standard InChI is InChI=1S/C22H26N2O4/c1-4-24(5-2)12-15-8-14(6-7-19(15)26-3)16-10-22(25)23-18-11-21-20(9-17(16)18)27-13-28-21/h6-9,11,16H,4-5,10,12-13H2,1-3H3,(H,23,25). The number of hydrogen-bond donors (Lipinski definition) is 1. The molecule has 1 atom stereocenters. The van der Waals surface area contributed by atoms with E-state index in [2.05, 4.69) is 36.2 Å². The third kappa shape index (κ3) is 3.40. The summed E-state index contributed by atoms with van der Waals surface area (Å²) in [5.41, 5.74) is 4.10. The Morgan fingerprint density at radius 3 is 2.61 bits per heavy atom. The first kappa shape index (κ1) is 18.6. The van der Waals surface area contributed by atoms with E-state index in [9.17, 15) is 4.79 Å². The van der Waals surface area contributed by atoms with Crippen molar-refractivity contribution < 1.29 is 19.0 Å². The molecule has 148 valence electrons. The van der Waals surface area contributed by atoms with E-state index in [0.29, 0.717) is 12.2 Å². The second kappa shape index (κ2) is 7.72. The maximum Gasteiger partial charge on any atom is 0.231 e. The lowest BCUT2D eigenvalue weighted by molar-refractivity contribution is -0.116. The van der Waals surface area contributed by atoms with Crippen LogP contribution in [0.3, 0.4) is 0 Å². The van der Waals surface area contributed by atoms with E-state index in [4.69, 9.17) is 14.2 Å².